The summed E-state index contributed by atoms with van der Waals surface area (Å²) in [6.07, 6.45) is 0.731. The Balaban J connectivity index is 1.41. The SMILES string of the molecule is O=C(CCC(=O)c1ccccc1)NNC(=O)COc1ccccc1Cc1ccccc1. The highest BCUT2D eigenvalue weighted by atomic mass is 16.5. The van der Waals surface area contributed by atoms with Crippen molar-refractivity contribution < 1.29 is 19.1 Å². The smallest absolute Gasteiger partial charge is 0.276 e. The third-order valence-electron chi connectivity index (χ3n) is 4.59. The van der Waals surface area contributed by atoms with E-state index in [9.17, 15) is 14.4 Å². The fraction of sp³-hybridized carbons (Fsp3) is 0.160. The Labute approximate surface area is 181 Å². The van der Waals surface area contributed by atoms with Gasteiger partial charge in [0, 0.05) is 24.8 Å². The van der Waals surface area contributed by atoms with Crippen molar-refractivity contribution in [2.45, 2.75) is 19.3 Å². The van der Waals surface area contributed by atoms with E-state index in [0.29, 0.717) is 17.7 Å². The van der Waals surface area contributed by atoms with Gasteiger partial charge in [0.15, 0.2) is 12.4 Å². The van der Waals surface area contributed by atoms with Crippen LogP contribution in [-0.2, 0) is 16.0 Å². The first-order valence-electron chi connectivity index (χ1n) is 10.0. The van der Waals surface area contributed by atoms with E-state index in [4.69, 9.17) is 4.74 Å². The number of ketones is 1. The highest BCUT2D eigenvalue weighted by Crippen LogP contribution is 2.21. The van der Waals surface area contributed by atoms with Crippen molar-refractivity contribution in [2.75, 3.05) is 6.61 Å². The molecule has 3 aromatic rings. The molecule has 2 amide bonds. The monoisotopic (exact) mass is 416 g/mol. The van der Waals surface area contributed by atoms with Gasteiger partial charge < -0.3 is 4.74 Å². The highest BCUT2D eigenvalue weighted by molar-refractivity contribution is 5.98. The molecule has 3 rings (SSSR count). The number of carbonyl (C=O) groups is 3. The molecule has 0 heterocycles. The second kappa shape index (κ2) is 11.3. The zero-order valence-corrected chi connectivity index (χ0v) is 17.0. The molecule has 0 aliphatic heterocycles. The molecule has 31 heavy (non-hydrogen) atoms. The van der Waals surface area contributed by atoms with Crippen LogP contribution in [0.4, 0.5) is 0 Å². The van der Waals surface area contributed by atoms with E-state index in [1.54, 1.807) is 30.3 Å². The number of rotatable bonds is 9. The van der Waals surface area contributed by atoms with Crippen LogP contribution in [0, 0.1) is 0 Å². The van der Waals surface area contributed by atoms with Crippen molar-refractivity contribution in [3.63, 3.8) is 0 Å². The molecule has 0 atom stereocenters. The summed E-state index contributed by atoms with van der Waals surface area (Å²) in [5.41, 5.74) is 7.28. The Morgan fingerprint density at radius 2 is 1.29 bits per heavy atom. The maximum Gasteiger partial charge on any atom is 0.276 e. The van der Waals surface area contributed by atoms with E-state index in [0.717, 1.165) is 11.1 Å². The second-order valence-corrected chi connectivity index (χ2v) is 6.94. The summed E-state index contributed by atoms with van der Waals surface area (Å²) in [5.74, 6) is -0.443. The van der Waals surface area contributed by atoms with E-state index >= 15 is 0 Å². The van der Waals surface area contributed by atoms with Crippen molar-refractivity contribution >= 4 is 17.6 Å². The third kappa shape index (κ3) is 7.12. The van der Waals surface area contributed by atoms with E-state index < -0.39 is 11.8 Å². The topological polar surface area (TPSA) is 84.5 Å². The lowest BCUT2D eigenvalue weighted by Crippen LogP contribution is -2.43. The highest BCUT2D eigenvalue weighted by Gasteiger charge is 2.11. The number of hydrogen-bond acceptors (Lipinski definition) is 4. The second-order valence-electron chi connectivity index (χ2n) is 6.94. The zero-order valence-electron chi connectivity index (χ0n) is 17.0. The predicted octanol–water partition coefficient (Wildman–Crippen LogP) is 3.47. The lowest BCUT2D eigenvalue weighted by atomic mass is 10.0. The normalized spacial score (nSPS) is 10.2. The fourth-order valence-electron chi connectivity index (χ4n) is 2.98. The number of ether oxygens (including phenoxy) is 1. The average Bonchev–Trinajstić information content (AvgIpc) is 2.82. The largest absolute Gasteiger partial charge is 0.483 e. The molecule has 0 aliphatic carbocycles. The molecule has 0 aromatic heterocycles. The molecule has 0 saturated heterocycles. The van der Waals surface area contributed by atoms with Crippen molar-refractivity contribution in [3.05, 3.63) is 102 Å². The van der Waals surface area contributed by atoms with Gasteiger partial charge in [-0.25, -0.2) is 0 Å². The van der Waals surface area contributed by atoms with E-state index in [2.05, 4.69) is 10.9 Å². The summed E-state index contributed by atoms with van der Waals surface area (Å²) in [6, 6.07) is 26.2. The van der Waals surface area contributed by atoms with Gasteiger partial charge >= 0.3 is 0 Å². The van der Waals surface area contributed by atoms with Gasteiger partial charge in [-0.3, -0.25) is 25.2 Å². The summed E-state index contributed by atoms with van der Waals surface area (Å²) >= 11 is 0. The Morgan fingerprint density at radius 1 is 0.677 bits per heavy atom. The third-order valence-corrected chi connectivity index (χ3v) is 4.59. The average molecular weight is 416 g/mol. The minimum Gasteiger partial charge on any atom is -0.483 e. The number of nitrogens with one attached hydrogen (secondary N) is 2. The molecule has 0 bridgehead atoms. The Kier molecular flexibility index (Phi) is 7.94. The molecule has 0 radical (unpaired) electrons. The number of amides is 2. The van der Waals surface area contributed by atoms with E-state index in [1.807, 2.05) is 54.6 Å². The van der Waals surface area contributed by atoms with Crippen molar-refractivity contribution in [3.8, 4) is 5.75 Å². The van der Waals surface area contributed by atoms with Crippen LogP contribution in [0.15, 0.2) is 84.9 Å². The van der Waals surface area contributed by atoms with E-state index in [-0.39, 0.29) is 25.2 Å². The summed E-state index contributed by atoms with van der Waals surface area (Å²) in [5, 5.41) is 0. The first-order valence-corrected chi connectivity index (χ1v) is 10.0. The lowest BCUT2D eigenvalue weighted by Gasteiger charge is -2.12. The van der Waals surface area contributed by atoms with Crippen molar-refractivity contribution in [1.29, 1.82) is 0 Å². The predicted molar refractivity (Wildman–Crippen MR) is 117 cm³/mol. The Bertz CT molecular complexity index is 1020. The zero-order chi connectivity index (χ0) is 21.9. The van der Waals surface area contributed by atoms with Gasteiger partial charge in [0.1, 0.15) is 5.75 Å². The van der Waals surface area contributed by atoms with Gasteiger partial charge in [-0.15, -0.1) is 0 Å². The Hall–Kier alpha value is -3.93. The van der Waals surface area contributed by atoms with E-state index in [1.165, 1.54) is 0 Å². The molecule has 0 spiro atoms. The summed E-state index contributed by atoms with van der Waals surface area (Å²) in [4.78, 5) is 36.0. The molecule has 3 aromatic carbocycles. The quantitative estimate of drug-likeness (QED) is 0.413. The fourth-order valence-corrected chi connectivity index (χ4v) is 2.98. The minimum atomic E-state index is -0.489. The van der Waals surface area contributed by atoms with Crippen LogP contribution < -0.4 is 15.6 Å². The van der Waals surface area contributed by atoms with Crippen LogP contribution >= 0.6 is 0 Å². The maximum absolute atomic E-state index is 12.0. The number of carbonyl (C=O) groups excluding carboxylic acids is 3. The molecule has 2 N–H and O–H groups in total. The molecule has 0 saturated carbocycles. The molecule has 0 aliphatic rings. The van der Waals surface area contributed by atoms with Crippen LogP contribution in [0.1, 0.15) is 34.3 Å². The minimum absolute atomic E-state index is 0.0191. The number of hydrazine groups is 1. The van der Waals surface area contributed by atoms with Gasteiger partial charge in [0.25, 0.3) is 5.91 Å². The number of para-hydroxylation sites is 1. The molecule has 158 valence electrons. The lowest BCUT2D eigenvalue weighted by molar-refractivity contribution is -0.130. The van der Waals surface area contributed by atoms with Crippen LogP contribution in [0.3, 0.4) is 0 Å². The van der Waals surface area contributed by atoms with Gasteiger partial charge in [-0.1, -0.05) is 78.9 Å². The first kappa shape index (κ1) is 21.8. The Morgan fingerprint density at radius 3 is 2.03 bits per heavy atom. The first-order chi connectivity index (χ1) is 15.1. The summed E-state index contributed by atoms with van der Waals surface area (Å²) < 4.78 is 5.64. The van der Waals surface area contributed by atoms with Gasteiger partial charge in [-0.2, -0.15) is 0 Å². The van der Waals surface area contributed by atoms with Gasteiger partial charge in [0.05, 0.1) is 0 Å². The molecule has 6 nitrogen and oxygen atoms in total. The van der Waals surface area contributed by atoms with Gasteiger partial charge in [-0.05, 0) is 17.2 Å². The molecular formula is C25H24N2O4. The van der Waals surface area contributed by atoms with Crippen LogP contribution in [0.25, 0.3) is 0 Å². The number of Topliss-reactive ketones (excluding diaryl/α,β-unsaturated/α-hetero) is 1. The van der Waals surface area contributed by atoms with Crippen LogP contribution in [-0.4, -0.2) is 24.2 Å². The van der Waals surface area contributed by atoms with Gasteiger partial charge in [0.2, 0.25) is 5.91 Å². The molecular weight excluding hydrogens is 392 g/mol. The van der Waals surface area contributed by atoms with Crippen LogP contribution in [0.5, 0.6) is 5.75 Å². The number of hydrogen-bond donors (Lipinski definition) is 2. The summed E-state index contributed by atoms with van der Waals surface area (Å²) in [6.45, 7) is -0.241. The molecule has 0 unspecified atom stereocenters. The van der Waals surface area contributed by atoms with Crippen molar-refractivity contribution in [1.82, 2.24) is 10.9 Å². The molecule has 0 fully saturated rings. The van der Waals surface area contributed by atoms with Crippen LogP contribution in [0.2, 0.25) is 0 Å². The maximum atomic E-state index is 12.0. The number of benzene rings is 3. The molecule has 6 heteroatoms. The van der Waals surface area contributed by atoms with Crippen molar-refractivity contribution in [2.24, 2.45) is 0 Å². The standard InChI is InChI=1S/C25H24N2O4/c28-22(20-11-5-2-6-12-20)15-16-24(29)26-27-25(30)18-31-23-14-8-7-13-21(23)17-19-9-3-1-4-10-19/h1-14H,15-18H2,(H,26,29)(H,27,30). The summed E-state index contributed by atoms with van der Waals surface area (Å²) in [7, 11) is 0.